The van der Waals surface area contributed by atoms with Crippen molar-refractivity contribution in [1.29, 1.82) is 0 Å². The molecule has 0 radical (unpaired) electrons. The second-order valence-electron chi connectivity index (χ2n) is 7.37. The summed E-state index contributed by atoms with van der Waals surface area (Å²) in [6.45, 7) is 6.50. The summed E-state index contributed by atoms with van der Waals surface area (Å²) in [6, 6.07) is 7.30. The minimum atomic E-state index is -0.213. The summed E-state index contributed by atoms with van der Waals surface area (Å²) >= 11 is 0. The van der Waals surface area contributed by atoms with Gasteiger partial charge in [-0.05, 0) is 30.9 Å². The molecule has 1 saturated carbocycles. The van der Waals surface area contributed by atoms with E-state index >= 15 is 0 Å². The van der Waals surface area contributed by atoms with E-state index < -0.39 is 0 Å². The van der Waals surface area contributed by atoms with Crippen LogP contribution in [0.15, 0.2) is 28.8 Å². The lowest BCUT2D eigenvalue weighted by Gasteiger charge is -2.16. The largest absolute Gasteiger partial charge is 0.348 e. The number of aromatic nitrogens is 2. The molecule has 0 spiro atoms. The molecular formula is C18H25ClN4O2. The van der Waals surface area contributed by atoms with Gasteiger partial charge >= 0.3 is 0 Å². The Labute approximate surface area is 154 Å². The van der Waals surface area contributed by atoms with Gasteiger partial charge in [-0.15, -0.1) is 12.4 Å². The molecule has 1 aromatic heterocycles. The highest BCUT2D eigenvalue weighted by molar-refractivity contribution is 6.00. The van der Waals surface area contributed by atoms with Crippen LogP contribution in [-0.2, 0) is 5.41 Å². The molecule has 6 nitrogen and oxygen atoms in total. The molecule has 3 N–H and O–H groups in total. The van der Waals surface area contributed by atoms with Crippen LogP contribution in [0.5, 0.6) is 0 Å². The summed E-state index contributed by atoms with van der Waals surface area (Å²) in [7, 11) is 0. The van der Waals surface area contributed by atoms with Crippen molar-refractivity contribution in [3.63, 3.8) is 0 Å². The van der Waals surface area contributed by atoms with Crippen LogP contribution >= 0.6 is 12.4 Å². The summed E-state index contributed by atoms with van der Waals surface area (Å²) < 4.78 is 5.39. The van der Waals surface area contributed by atoms with Crippen LogP contribution in [0.4, 0.5) is 0 Å². The summed E-state index contributed by atoms with van der Waals surface area (Å²) in [6.07, 6.45) is 2.25. The van der Waals surface area contributed by atoms with Crippen LogP contribution in [0.3, 0.4) is 0 Å². The van der Waals surface area contributed by atoms with Gasteiger partial charge in [-0.2, -0.15) is 4.98 Å². The zero-order valence-corrected chi connectivity index (χ0v) is 15.6. The number of benzene rings is 1. The molecule has 0 saturated heterocycles. The predicted octanol–water partition coefficient (Wildman–Crippen LogP) is 2.92. The second-order valence-corrected chi connectivity index (χ2v) is 7.37. The van der Waals surface area contributed by atoms with E-state index in [1.165, 1.54) is 0 Å². The van der Waals surface area contributed by atoms with E-state index in [4.69, 9.17) is 10.3 Å². The van der Waals surface area contributed by atoms with Gasteiger partial charge in [0.05, 0.1) is 11.1 Å². The van der Waals surface area contributed by atoms with Crippen molar-refractivity contribution in [1.82, 2.24) is 15.5 Å². The Kier molecular flexibility index (Phi) is 5.85. The number of carbonyl (C=O) groups excluding carboxylic acids is 1. The number of hydrogen-bond acceptors (Lipinski definition) is 5. The normalized spacial score (nSPS) is 15.4. The number of hydrogen-bond donors (Lipinski definition) is 2. The smallest absolute Gasteiger partial charge is 0.258 e. The molecule has 1 amide bonds. The number of halogens is 1. The molecule has 25 heavy (non-hydrogen) atoms. The molecule has 1 aliphatic rings. The lowest BCUT2D eigenvalue weighted by molar-refractivity contribution is 0.0934. The third-order valence-electron chi connectivity index (χ3n) is 4.26. The van der Waals surface area contributed by atoms with Crippen LogP contribution in [0.25, 0.3) is 11.5 Å². The highest BCUT2D eigenvalue weighted by atomic mass is 35.5. The fourth-order valence-electron chi connectivity index (χ4n) is 2.62. The number of amides is 1. The van der Waals surface area contributed by atoms with E-state index in [9.17, 15) is 4.79 Å². The molecule has 1 aliphatic carbocycles. The molecule has 1 fully saturated rings. The molecule has 0 aliphatic heterocycles. The molecule has 1 heterocycles. The summed E-state index contributed by atoms with van der Waals surface area (Å²) in [4.78, 5) is 17.1. The van der Waals surface area contributed by atoms with Gasteiger partial charge in [0.2, 0.25) is 0 Å². The Balaban J connectivity index is 0.00000225. The maximum Gasteiger partial charge on any atom is 0.258 e. The van der Waals surface area contributed by atoms with Crippen molar-refractivity contribution in [2.45, 2.75) is 45.1 Å². The van der Waals surface area contributed by atoms with Crippen LogP contribution in [0.2, 0.25) is 0 Å². The highest BCUT2D eigenvalue weighted by Gasteiger charge is 2.32. The third kappa shape index (κ3) is 4.38. The fraction of sp³-hybridized carbons (Fsp3) is 0.500. The van der Waals surface area contributed by atoms with Crippen molar-refractivity contribution in [3.8, 4) is 11.5 Å². The van der Waals surface area contributed by atoms with E-state index in [-0.39, 0.29) is 29.8 Å². The average molecular weight is 365 g/mol. The first kappa shape index (κ1) is 19.4. The van der Waals surface area contributed by atoms with E-state index in [0.29, 0.717) is 35.3 Å². The average Bonchev–Trinajstić information content (AvgIpc) is 3.26. The number of nitrogens with zero attached hydrogens (tertiary/aromatic N) is 2. The number of nitrogens with one attached hydrogen (secondary N) is 1. The molecule has 1 unspecified atom stereocenters. The molecule has 0 bridgehead atoms. The molecule has 1 atom stereocenters. The van der Waals surface area contributed by atoms with Crippen LogP contribution in [0.1, 0.15) is 49.8 Å². The summed E-state index contributed by atoms with van der Waals surface area (Å²) in [5, 5.41) is 7.08. The van der Waals surface area contributed by atoms with Crippen molar-refractivity contribution in [2.75, 3.05) is 6.54 Å². The van der Waals surface area contributed by atoms with Crippen LogP contribution in [0, 0.1) is 5.92 Å². The van der Waals surface area contributed by atoms with E-state index in [1.807, 2.05) is 39.0 Å². The minimum absolute atomic E-state index is 0. The van der Waals surface area contributed by atoms with Crippen molar-refractivity contribution >= 4 is 18.3 Å². The lowest BCUT2D eigenvalue weighted by atomic mass is 9.96. The standard InChI is InChI=1S/C18H24N4O2.ClH/c1-18(2,3)17-21-16(24-22-17)13-7-5-4-6-12(13)15(23)20-14(10-19)11-8-9-11;/h4-7,11,14H,8-10,19H2,1-3H3,(H,20,23);1H. The van der Waals surface area contributed by atoms with E-state index in [1.54, 1.807) is 6.07 Å². The first-order valence-electron chi connectivity index (χ1n) is 8.34. The van der Waals surface area contributed by atoms with Gasteiger partial charge in [0.1, 0.15) is 0 Å². The monoisotopic (exact) mass is 364 g/mol. The Hall–Kier alpha value is -1.92. The first-order valence-corrected chi connectivity index (χ1v) is 8.34. The molecule has 2 aromatic rings. The number of rotatable bonds is 5. The maximum atomic E-state index is 12.7. The highest BCUT2D eigenvalue weighted by Crippen LogP contribution is 2.32. The van der Waals surface area contributed by atoms with Gasteiger partial charge in [0, 0.05) is 18.0 Å². The van der Waals surface area contributed by atoms with Gasteiger partial charge < -0.3 is 15.6 Å². The van der Waals surface area contributed by atoms with Gasteiger partial charge in [-0.3, -0.25) is 4.79 Å². The van der Waals surface area contributed by atoms with Crippen molar-refractivity contribution in [3.05, 3.63) is 35.7 Å². The lowest BCUT2D eigenvalue weighted by Crippen LogP contribution is -2.41. The molecule has 136 valence electrons. The minimum Gasteiger partial charge on any atom is -0.348 e. The summed E-state index contributed by atoms with van der Waals surface area (Å²) in [5.41, 5.74) is 6.74. The zero-order chi connectivity index (χ0) is 17.3. The fourth-order valence-corrected chi connectivity index (χ4v) is 2.62. The predicted molar refractivity (Wildman–Crippen MR) is 98.7 cm³/mol. The molecular weight excluding hydrogens is 340 g/mol. The van der Waals surface area contributed by atoms with Crippen molar-refractivity contribution < 1.29 is 9.32 Å². The Morgan fingerprint density at radius 1 is 1.36 bits per heavy atom. The summed E-state index contributed by atoms with van der Waals surface area (Å²) in [5.74, 6) is 1.33. The van der Waals surface area contributed by atoms with Gasteiger partial charge in [0.15, 0.2) is 5.82 Å². The van der Waals surface area contributed by atoms with E-state index in [0.717, 1.165) is 12.8 Å². The molecule has 1 aromatic carbocycles. The Morgan fingerprint density at radius 2 is 2.04 bits per heavy atom. The third-order valence-corrected chi connectivity index (χ3v) is 4.26. The van der Waals surface area contributed by atoms with Crippen LogP contribution < -0.4 is 11.1 Å². The van der Waals surface area contributed by atoms with Crippen LogP contribution in [-0.4, -0.2) is 28.6 Å². The second kappa shape index (κ2) is 7.54. The van der Waals surface area contributed by atoms with E-state index in [2.05, 4.69) is 15.5 Å². The Bertz CT molecular complexity index is 735. The maximum absolute atomic E-state index is 12.7. The first-order chi connectivity index (χ1) is 11.4. The number of carbonyl (C=O) groups is 1. The van der Waals surface area contributed by atoms with Gasteiger partial charge in [0.25, 0.3) is 11.8 Å². The molecule has 3 rings (SSSR count). The number of nitrogens with two attached hydrogens (primary N) is 1. The van der Waals surface area contributed by atoms with Crippen molar-refractivity contribution in [2.24, 2.45) is 11.7 Å². The van der Waals surface area contributed by atoms with Gasteiger partial charge in [-0.25, -0.2) is 0 Å². The quantitative estimate of drug-likeness (QED) is 0.850. The SMILES string of the molecule is CC(C)(C)c1noc(-c2ccccc2C(=O)NC(CN)C2CC2)n1.Cl. The Morgan fingerprint density at radius 3 is 2.60 bits per heavy atom. The zero-order valence-electron chi connectivity index (χ0n) is 14.8. The van der Waals surface area contributed by atoms with Gasteiger partial charge in [-0.1, -0.05) is 38.1 Å². The topological polar surface area (TPSA) is 94.0 Å². The molecule has 7 heteroatoms.